The molecule has 130 valence electrons. The summed E-state index contributed by atoms with van der Waals surface area (Å²) in [6.07, 6.45) is 6.52. The lowest BCUT2D eigenvalue weighted by molar-refractivity contribution is -0.117. The van der Waals surface area contributed by atoms with Crippen LogP contribution in [-0.4, -0.2) is 20.1 Å². The Morgan fingerprint density at radius 2 is 1.92 bits per heavy atom. The first-order chi connectivity index (χ1) is 12.2. The average molecular weight is 337 g/mol. The maximum absolute atomic E-state index is 12.3. The number of carbonyl (C=O) groups excluding carboxylic acids is 1. The second kappa shape index (κ2) is 7.88. The van der Waals surface area contributed by atoms with Crippen molar-refractivity contribution >= 4 is 12.0 Å². The molecule has 0 fully saturated rings. The number of hydrogen-bond donors (Lipinski definition) is 1. The summed E-state index contributed by atoms with van der Waals surface area (Å²) in [5.74, 6) is 1.23. The molecule has 3 rings (SSSR count). The van der Waals surface area contributed by atoms with Gasteiger partial charge in [-0.2, -0.15) is 0 Å². The molecule has 1 atom stereocenters. The summed E-state index contributed by atoms with van der Waals surface area (Å²) in [6, 6.07) is 14.0. The maximum atomic E-state index is 12.3. The zero-order valence-electron chi connectivity index (χ0n) is 14.6. The third kappa shape index (κ3) is 4.02. The van der Waals surface area contributed by atoms with Gasteiger partial charge < -0.3 is 14.8 Å². The molecule has 0 radical (unpaired) electrons. The number of rotatable bonds is 5. The van der Waals surface area contributed by atoms with E-state index in [9.17, 15) is 4.79 Å². The van der Waals surface area contributed by atoms with Crippen LogP contribution < -0.4 is 14.8 Å². The molecule has 0 bridgehead atoms. The van der Waals surface area contributed by atoms with Crippen molar-refractivity contribution in [3.8, 4) is 11.5 Å². The SMILES string of the molecule is COc1ccc(/C=C/C(=O)N[C@H]2CCCc3ccccc32)cc1OC. The van der Waals surface area contributed by atoms with Crippen molar-refractivity contribution in [1.82, 2.24) is 5.32 Å². The van der Waals surface area contributed by atoms with Crippen LogP contribution in [0, 0.1) is 0 Å². The van der Waals surface area contributed by atoms with Crippen molar-refractivity contribution < 1.29 is 14.3 Å². The van der Waals surface area contributed by atoms with Gasteiger partial charge in [0.15, 0.2) is 11.5 Å². The second-order valence-electron chi connectivity index (χ2n) is 6.10. The Hall–Kier alpha value is -2.75. The van der Waals surface area contributed by atoms with Crippen molar-refractivity contribution in [3.63, 3.8) is 0 Å². The summed E-state index contributed by atoms with van der Waals surface area (Å²) in [5, 5.41) is 3.11. The van der Waals surface area contributed by atoms with E-state index in [0.717, 1.165) is 24.8 Å². The van der Waals surface area contributed by atoms with Gasteiger partial charge in [-0.3, -0.25) is 4.79 Å². The minimum atomic E-state index is -0.0866. The number of methoxy groups -OCH3 is 2. The van der Waals surface area contributed by atoms with E-state index in [4.69, 9.17) is 9.47 Å². The van der Waals surface area contributed by atoms with Crippen LogP contribution in [-0.2, 0) is 11.2 Å². The highest BCUT2D eigenvalue weighted by molar-refractivity contribution is 5.92. The summed E-state index contributed by atoms with van der Waals surface area (Å²) < 4.78 is 10.5. The lowest BCUT2D eigenvalue weighted by atomic mass is 9.88. The zero-order chi connectivity index (χ0) is 17.6. The van der Waals surface area contributed by atoms with Crippen molar-refractivity contribution in [3.05, 3.63) is 65.2 Å². The molecule has 1 aliphatic rings. The largest absolute Gasteiger partial charge is 0.493 e. The molecule has 2 aromatic rings. The number of amides is 1. The Bertz CT molecular complexity index is 782. The van der Waals surface area contributed by atoms with Gasteiger partial charge in [0, 0.05) is 6.08 Å². The van der Waals surface area contributed by atoms with Crippen LogP contribution in [0.25, 0.3) is 6.08 Å². The highest BCUT2D eigenvalue weighted by Crippen LogP contribution is 2.30. The standard InChI is InChI=1S/C21H23NO3/c1-24-19-12-10-15(14-20(19)25-2)11-13-21(23)22-18-9-5-7-16-6-3-4-8-17(16)18/h3-4,6,8,10-14,18H,5,7,9H2,1-2H3,(H,22,23)/b13-11+/t18-/m0/s1. The number of aryl methyl sites for hydroxylation is 1. The topological polar surface area (TPSA) is 47.6 Å². The van der Waals surface area contributed by atoms with Crippen molar-refractivity contribution in [2.45, 2.75) is 25.3 Å². The van der Waals surface area contributed by atoms with Crippen LogP contribution in [0.1, 0.15) is 35.6 Å². The van der Waals surface area contributed by atoms with Crippen molar-refractivity contribution in [2.24, 2.45) is 0 Å². The number of hydrogen-bond acceptors (Lipinski definition) is 3. The molecular weight excluding hydrogens is 314 g/mol. The number of nitrogens with one attached hydrogen (secondary N) is 1. The summed E-state index contributed by atoms with van der Waals surface area (Å²) in [5.41, 5.74) is 3.46. The van der Waals surface area contributed by atoms with Crippen LogP contribution in [0.3, 0.4) is 0 Å². The molecule has 4 heteroatoms. The molecule has 0 saturated carbocycles. The quantitative estimate of drug-likeness (QED) is 0.842. The van der Waals surface area contributed by atoms with Crippen molar-refractivity contribution in [2.75, 3.05) is 14.2 Å². The first-order valence-electron chi connectivity index (χ1n) is 8.49. The number of carbonyl (C=O) groups is 1. The van der Waals surface area contributed by atoms with E-state index in [1.165, 1.54) is 11.1 Å². The zero-order valence-corrected chi connectivity index (χ0v) is 14.6. The minimum Gasteiger partial charge on any atom is -0.493 e. The number of benzene rings is 2. The van der Waals surface area contributed by atoms with E-state index in [1.807, 2.05) is 24.3 Å². The van der Waals surface area contributed by atoms with Crippen LogP contribution in [0.5, 0.6) is 11.5 Å². The van der Waals surface area contributed by atoms with Gasteiger partial charge in [0.2, 0.25) is 5.91 Å². The highest BCUT2D eigenvalue weighted by Gasteiger charge is 2.20. The third-order valence-electron chi connectivity index (χ3n) is 4.52. The van der Waals surface area contributed by atoms with Gasteiger partial charge in [-0.05, 0) is 54.2 Å². The van der Waals surface area contributed by atoms with E-state index in [-0.39, 0.29) is 11.9 Å². The molecule has 1 N–H and O–H groups in total. The first kappa shape index (κ1) is 17.1. The van der Waals surface area contributed by atoms with Crippen LogP contribution in [0.4, 0.5) is 0 Å². The van der Waals surface area contributed by atoms with Crippen LogP contribution in [0.15, 0.2) is 48.5 Å². The van der Waals surface area contributed by atoms with E-state index >= 15 is 0 Å². The van der Waals surface area contributed by atoms with Gasteiger partial charge in [0.25, 0.3) is 0 Å². The van der Waals surface area contributed by atoms with Gasteiger partial charge in [-0.1, -0.05) is 30.3 Å². The van der Waals surface area contributed by atoms with Crippen LogP contribution >= 0.6 is 0 Å². The Labute approximate surface area is 148 Å². The molecule has 1 amide bonds. The minimum absolute atomic E-state index is 0.0866. The summed E-state index contributed by atoms with van der Waals surface area (Å²) >= 11 is 0. The predicted molar refractivity (Wildman–Crippen MR) is 98.8 cm³/mol. The Morgan fingerprint density at radius 1 is 1.12 bits per heavy atom. The molecule has 0 unspecified atom stereocenters. The molecular formula is C21H23NO3. The molecule has 0 spiro atoms. The summed E-state index contributed by atoms with van der Waals surface area (Å²) in [4.78, 5) is 12.3. The lowest BCUT2D eigenvalue weighted by Gasteiger charge is -2.25. The lowest BCUT2D eigenvalue weighted by Crippen LogP contribution is -2.29. The second-order valence-corrected chi connectivity index (χ2v) is 6.10. The molecule has 0 aliphatic heterocycles. The Morgan fingerprint density at radius 3 is 2.72 bits per heavy atom. The van der Waals surface area contributed by atoms with Crippen LogP contribution in [0.2, 0.25) is 0 Å². The normalized spacial score (nSPS) is 16.3. The number of ether oxygens (including phenoxy) is 2. The Kier molecular flexibility index (Phi) is 5.39. The van der Waals surface area contributed by atoms with Gasteiger partial charge in [-0.15, -0.1) is 0 Å². The van der Waals surface area contributed by atoms with Gasteiger partial charge in [0.05, 0.1) is 20.3 Å². The molecule has 4 nitrogen and oxygen atoms in total. The van der Waals surface area contributed by atoms with Gasteiger partial charge >= 0.3 is 0 Å². The van der Waals surface area contributed by atoms with E-state index in [2.05, 4.69) is 23.5 Å². The Balaban J connectivity index is 1.68. The molecule has 1 aliphatic carbocycles. The molecule has 2 aromatic carbocycles. The van der Waals surface area contributed by atoms with Gasteiger partial charge in [0.1, 0.15) is 0 Å². The average Bonchev–Trinajstić information content (AvgIpc) is 2.66. The fourth-order valence-electron chi connectivity index (χ4n) is 3.25. The summed E-state index contributed by atoms with van der Waals surface area (Å²) in [7, 11) is 3.20. The first-order valence-corrected chi connectivity index (χ1v) is 8.49. The number of fused-ring (bicyclic) bond motifs is 1. The highest BCUT2D eigenvalue weighted by atomic mass is 16.5. The van der Waals surface area contributed by atoms with Crippen molar-refractivity contribution in [1.29, 1.82) is 0 Å². The molecule has 0 heterocycles. The molecule has 0 aromatic heterocycles. The van der Waals surface area contributed by atoms with Gasteiger partial charge in [-0.25, -0.2) is 0 Å². The fourth-order valence-corrected chi connectivity index (χ4v) is 3.25. The smallest absolute Gasteiger partial charge is 0.244 e. The monoisotopic (exact) mass is 337 g/mol. The van der Waals surface area contributed by atoms with E-state index < -0.39 is 0 Å². The molecule has 25 heavy (non-hydrogen) atoms. The van der Waals surface area contributed by atoms with E-state index in [0.29, 0.717) is 11.5 Å². The third-order valence-corrected chi connectivity index (χ3v) is 4.52. The fraction of sp³-hybridized carbons (Fsp3) is 0.286. The summed E-state index contributed by atoms with van der Waals surface area (Å²) in [6.45, 7) is 0. The predicted octanol–water partition coefficient (Wildman–Crippen LogP) is 3.91. The maximum Gasteiger partial charge on any atom is 0.244 e. The molecule has 0 saturated heterocycles. The van der Waals surface area contributed by atoms with E-state index in [1.54, 1.807) is 26.4 Å².